The number of hydrogen-bond acceptors (Lipinski definition) is 5. The summed E-state index contributed by atoms with van der Waals surface area (Å²) in [7, 11) is 0. The maximum atomic E-state index is 13.8. The number of amides is 3. The van der Waals surface area contributed by atoms with Crippen molar-refractivity contribution in [3.63, 3.8) is 0 Å². The highest BCUT2D eigenvalue weighted by Gasteiger charge is 2.38. The van der Waals surface area contributed by atoms with E-state index in [2.05, 4.69) is 10.6 Å². The van der Waals surface area contributed by atoms with Crippen molar-refractivity contribution in [2.24, 2.45) is 5.92 Å². The molecule has 0 saturated carbocycles. The summed E-state index contributed by atoms with van der Waals surface area (Å²) < 4.78 is 5.35. The molecule has 1 rings (SSSR count). The zero-order valence-corrected chi connectivity index (χ0v) is 22.4. The SMILES string of the molecule is Cc1cc(C)cc(C(C(=O)NC(C)(C)C)N(CCO)C(=O)C(NC(=O)OC(C)(C)C)C(C)C)c1. The van der Waals surface area contributed by atoms with Crippen molar-refractivity contribution in [1.82, 2.24) is 15.5 Å². The van der Waals surface area contributed by atoms with E-state index in [4.69, 9.17) is 4.74 Å². The number of rotatable bonds is 8. The Hall–Kier alpha value is -2.61. The Morgan fingerprint density at radius 1 is 1.00 bits per heavy atom. The summed E-state index contributed by atoms with van der Waals surface area (Å²) in [5.41, 5.74) is 1.28. The summed E-state index contributed by atoms with van der Waals surface area (Å²) in [5.74, 6) is -1.12. The van der Waals surface area contributed by atoms with Crippen LogP contribution in [0.15, 0.2) is 18.2 Å². The van der Waals surface area contributed by atoms with Crippen molar-refractivity contribution in [3.8, 4) is 0 Å². The number of ether oxygens (including phenoxy) is 1. The van der Waals surface area contributed by atoms with E-state index >= 15 is 0 Å². The number of carbonyl (C=O) groups is 3. The monoisotopic (exact) mass is 477 g/mol. The molecule has 8 heteroatoms. The predicted molar refractivity (Wildman–Crippen MR) is 133 cm³/mol. The van der Waals surface area contributed by atoms with Gasteiger partial charge in [0.1, 0.15) is 17.7 Å². The van der Waals surface area contributed by atoms with Crippen LogP contribution in [0.25, 0.3) is 0 Å². The highest BCUT2D eigenvalue weighted by atomic mass is 16.6. The minimum absolute atomic E-state index is 0.0761. The third-order valence-corrected chi connectivity index (χ3v) is 4.85. The topological polar surface area (TPSA) is 108 Å². The quantitative estimate of drug-likeness (QED) is 0.530. The molecule has 34 heavy (non-hydrogen) atoms. The molecule has 3 N–H and O–H groups in total. The molecule has 0 spiro atoms. The fourth-order valence-electron chi connectivity index (χ4n) is 3.68. The molecule has 0 aliphatic heterocycles. The molecule has 0 aromatic heterocycles. The number of nitrogens with zero attached hydrogens (tertiary/aromatic N) is 1. The lowest BCUT2D eigenvalue weighted by Gasteiger charge is -2.36. The molecule has 0 bridgehead atoms. The first-order valence-electron chi connectivity index (χ1n) is 11.8. The van der Waals surface area contributed by atoms with Gasteiger partial charge in [-0.15, -0.1) is 0 Å². The van der Waals surface area contributed by atoms with Crippen LogP contribution < -0.4 is 10.6 Å². The second kappa shape index (κ2) is 11.7. The number of benzene rings is 1. The van der Waals surface area contributed by atoms with Gasteiger partial charge in [-0.2, -0.15) is 0 Å². The second-order valence-corrected chi connectivity index (χ2v) is 11.2. The minimum Gasteiger partial charge on any atom is -0.444 e. The normalized spacial score (nSPS) is 13.8. The number of aliphatic hydroxyl groups excluding tert-OH is 1. The van der Waals surface area contributed by atoms with Crippen LogP contribution in [0.1, 0.15) is 78.1 Å². The summed E-state index contributed by atoms with van der Waals surface area (Å²) in [6, 6.07) is 3.78. The van der Waals surface area contributed by atoms with E-state index in [9.17, 15) is 19.5 Å². The fourth-order valence-corrected chi connectivity index (χ4v) is 3.68. The smallest absolute Gasteiger partial charge is 0.408 e. The molecule has 2 unspecified atom stereocenters. The van der Waals surface area contributed by atoms with Crippen LogP contribution in [0.2, 0.25) is 0 Å². The third-order valence-electron chi connectivity index (χ3n) is 4.85. The highest BCUT2D eigenvalue weighted by Crippen LogP contribution is 2.26. The summed E-state index contributed by atoms with van der Waals surface area (Å²) in [5, 5.41) is 15.4. The summed E-state index contributed by atoms with van der Waals surface area (Å²) in [6.45, 7) is 17.9. The van der Waals surface area contributed by atoms with Gasteiger partial charge in [0.15, 0.2) is 0 Å². The van der Waals surface area contributed by atoms with Gasteiger partial charge in [-0.3, -0.25) is 9.59 Å². The van der Waals surface area contributed by atoms with E-state index in [0.717, 1.165) is 11.1 Å². The average Bonchev–Trinajstić information content (AvgIpc) is 2.61. The van der Waals surface area contributed by atoms with Crippen LogP contribution in [0.5, 0.6) is 0 Å². The van der Waals surface area contributed by atoms with Crippen molar-refractivity contribution in [1.29, 1.82) is 0 Å². The van der Waals surface area contributed by atoms with Crippen molar-refractivity contribution in [3.05, 3.63) is 34.9 Å². The predicted octanol–water partition coefficient (Wildman–Crippen LogP) is 3.63. The van der Waals surface area contributed by atoms with Crippen molar-refractivity contribution >= 4 is 17.9 Å². The first-order valence-corrected chi connectivity index (χ1v) is 11.8. The van der Waals surface area contributed by atoms with Gasteiger partial charge in [-0.05, 0) is 66.9 Å². The van der Waals surface area contributed by atoms with Gasteiger partial charge in [0.25, 0.3) is 0 Å². The standard InChI is InChI=1S/C26H43N3O5/c1-16(2)20(27-24(33)34-26(8,9)10)23(32)29(11-12-30)21(22(31)28-25(5,6)7)19-14-17(3)13-18(4)15-19/h13-16,20-21,30H,11-12H2,1-10H3,(H,27,33)(H,28,31). The van der Waals surface area contributed by atoms with Crippen LogP contribution in [0.3, 0.4) is 0 Å². The van der Waals surface area contributed by atoms with E-state index in [1.165, 1.54) is 4.90 Å². The van der Waals surface area contributed by atoms with Crippen LogP contribution in [-0.2, 0) is 14.3 Å². The van der Waals surface area contributed by atoms with Crippen molar-refractivity contribution in [2.45, 2.75) is 92.5 Å². The lowest BCUT2D eigenvalue weighted by molar-refractivity contribution is -0.144. The number of aryl methyl sites for hydroxylation is 2. The first kappa shape index (κ1) is 29.4. The first-order chi connectivity index (χ1) is 15.4. The lowest BCUT2D eigenvalue weighted by Crippen LogP contribution is -2.56. The molecule has 0 aliphatic rings. The molecule has 3 amide bonds. The third kappa shape index (κ3) is 9.33. The maximum absolute atomic E-state index is 13.8. The number of nitrogens with one attached hydrogen (secondary N) is 2. The Morgan fingerprint density at radius 2 is 1.53 bits per heavy atom. The zero-order chi connectivity index (χ0) is 26.4. The van der Waals surface area contributed by atoms with E-state index in [1.54, 1.807) is 34.6 Å². The summed E-state index contributed by atoms with van der Waals surface area (Å²) >= 11 is 0. The van der Waals surface area contributed by atoms with Crippen LogP contribution >= 0.6 is 0 Å². The highest BCUT2D eigenvalue weighted by molar-refractivity contribution is 5.92. The minimum atomic E-state index is -0.987. The van der Waals surface area contributed by atoms with E-state index < -0.39 is 35.2 Å². The molecule has 0 heterocycles. The molecule has 0 radical (unpaired) electrons. The van der Waals surface area contributed by atoms with Crippen molar-refractivity contribution in [2.75, 3.05) is 13.2 Å². The summed E-state index contributed by atoms with van der Waals surface area (Å²) in [6.07, 6.45) is -0.717. The molecule has 2 atom stereocenters. The van der Waals surface area contributed by atoms with Crippen LogP contribution in [0.4, 0.5) is 4.79 Å². The molecular weight excluding hydrogens is 434 g/mol. The average molecular weight is 478 g/mol. The van der Waals surface area contributed by atoms with Gasteiger partial charge in [0.05, 0.1) is 6.61 Å². The Morgan fingerprint density at radius 3 is 1.94 bits per heavy atom. The molecule has 0 aliphatic carbocycles. The van der Waals surface area contributed by atoms with E-state index in [-0.39, 0.29) is 25.0 Å². The van der Waals surface area contributed by atoms with Crippen LogP contribution in [0, 0.1) is 19.8 Å². The molecule has 8 nitrogen and oxygen atoms in total. The van der Waals surface area contributed by atoms with Crippen LogP contribution in [-0.4, -0.2) is 58.2 Å². The van der Waals surface area contributed by atoms with Gasteiger partial charge >= 0.3 is 6.09 Å². The largest absolute Gasteiger partial charge is 0.444 e. The molecule has 1 aromatic carbocycles. The Labute approximate surface area is 204 Å². The van der Waals surface area contributed by atoms with Gasteiger partial charge < -0.3 is 25.4 Å². The van der Waals surface area contributed by atoms with Gasteiger partial charge in [0.2, 0.25) is 11.8 Å². The maximum Gasteiger partial charge on any atom is 0.408 e. The van der Waals surface area contributed by atoms with Gasteiger partial charge in [-0.1, -0.05) is 43.2 Å². The van der Waals surface area contributed by atoms with Crippen molar-refractivity contribution < 1.29 is 24.2 Å². The van der Waals surface area contributed by atoms with Gasteiger partial charge in [0, 0.05) is 12.1 Å². The molecule has 192 valence electrons. The summed E-state index contributed by atoms with van der Waals surface area (Å²) in [4.78, 5) is 41.1. The number of hydrogen-bond donors (Lipinski definition) is 3. The molecule has 1 aromatic rings. The number of alkyl carbamates (subject to hydrolysis) is 1. The molecular formula is C26H43N3O5. The number of carbonyl (C=O) groups excluding carboxylic acids is 3. The molecule has 0 fully saturated rings. The Kier molecular flexibility index (Phi) is 10.1. The van der Waals surface area contributed by atoms with E-state index in [1.807, 2.05) is 52.8 Å². The lowest BCUT2D eigenvalue weighted by atomic mass is 9.96. The fraction of sp³-hybridized carbons (Fsp3) is 0.654. The Bertz CT molecular complexity index is 848. The Balaban J connectivity index is 3.50. The number of aliphatic hydroxyl groups is 1. The molecule has 0 saturated heterocycles. The zero-order valence-electron chi connectivity index (χ0n) is 22.4. The van der Waals surface area contributed by atoms with Gasteiger partial charge in [-0.25, -0.2) is 4.79 Å². The second-order valence-electron chi connectivity index (χ2n) is 11.2. The van der Waals surface area contributed by atoms with E-state index in [0.29, 0.717) is 5.56 Å².